The molecule has 0 aromatic carbocycles. The number of aryl methyl sites for hydroxylation is 1. The number of nitrogens with zero attached hydrogens (tertiary/aromatic N) is 3. The van der Waals surface area contributed by atoms with Crippen molar-refractivity contribution < 1.29 is 4.79 Å². The number of thiazole rings is 1. The van der Waals surface area contributed by atoms with Crippen LogP contribution in [0.25, 0.3) is 5.57 Å². The molecule has 0 radical (unpaired) electrons. The lowest BCUT2D eigenvalue weighted by Crippen LogP contribution is -2.24. The second kappa shape index (κ2) is 4.90. The third kappa shape index (κ3) is 2.21. The number of carbonyl (C=O) groups is 1. The van der Waals surface area contributed by atoms with Crippen LogP contribution in [0.15, 0.2) is 10.4 Å². The molecule has 0 saturated carbocycles. The topological polar surface area (TPSA) is 57.0 Å². The molecule has 0 spiro atoms. The van der Waals surface area contributed by atoms with Crippen molar-refractivity contribution in [2.75, 3.05) is 12.3 Å². The summed E-state index contributed by atoms with van der Waals surface area (Å²) in [6, 6.07) is 2.17. The van der Waals surface area contributed by atoms with Crippen LogP contribution in [-0.2, 0) is 4.79 Å². The first-order valence-corrected chi connectivity index (χ1v) is 7.04. The first-order valence-electron chi connectivity index (χ1n) is 5.17. The predicted octanol–water partition coefficient (Wildman–Crippen LogP) is 2.24. The van der Waals surface area contributed by atoms with Crippen molar-refractivity contribution in [3.8, 4) is 6.07 Å². The zero-order chi connectivity index (χ0) is 12.4. The Kier molecular flexibility index (Phi) is 3.50. The van der Waals surface area contributed by atoms with Crippen LogP contribution in [-0.4, -0.2) is 28.1 Å². The minimum Gasteiger partial charge on any atom is -0.305 e. The van der Waals surface area contributed by atoms with E-state index in [2.05, 4.69) is 11.1 Å². The van der Waals surface area contributed by atoms with E-state index in [-0.39, 0.29) is 5.91 Å². The van der Waals surface area contributed by atoms with Crippen molar-refractivity contribution in [3.63, 3.8) is 0 Å². The fourth-order valence-electron chi connectivity index (χ4n) is 1.58. The van der Waals surface area contributed by atoms with Crippen molar-refractivity contribution in [2.24, 2.45) is 0 Å². The Hall–Kier alpha value is -1.32. The molecule has 1 fully saturated rings. The van der Waals surface area contributed by atoms with E-state index in [0.29, 0.717) is 22.9 Å². The molecule has 0 aliphatic carbocycles. The maximum atomic E-state index is 11.6. The summed E-state index contributed by atoms with van der Waals surface area (Å²) in [7, 11) is 0. The van der Waals surface area contributed by atoms with Gasteiger partial charge in [-0.05, 0) is 13.8 Å². The van der Waals surface area contributed by atoms with Crippen molar-refractivity contribution in [2.45, 2.75) is 13.8 Å². The summed E-state index contributed by atoms with van der Waals surface area (Å²) in [5.74, 6) is 0.479. The Labute approximate surface area is 108 Å². The highest BCUT2D eigenvalue weighted by Crippen LogP contribution is 2.35. The van der Waals surface area contributed by atoms with Gasteiger partial charge in [-0.2, -0.15) is 5.26 Å². The maximum Gasteiger partial charge on any atom is 0.237 e. The van der Waals surface area contributed by atoms with E-state index < -0.39 is 0 Å². The summed E-state index contributed by atoms with van der Waals surface area (Å²) in [6.07, 6.45) is 0. The van der Waals surface area contributed by atoms with Crippen LogP contribution >= 0.6 is 23.1 Å². The maximum absolute atomic E-state index is 11.6. The molecule has 17 heavy (non-hydrogen) atoms. The molecule has 1 amide bonds. The highest BCUT2D eigenvalue weighted by atomic mass is 32.2. The molecule has 1 aromatic rings. The first-order chi connectivity index (χ1) is 8.17. The molecule has 1 aliphatic heterocycles. The molecule has 6 heteroatoms. The van der Waals surface area contributed by atoms with Gasteiger partial charge in [-0.1, -0.05) is 11.8 Å². The Morgan fingerprint density at radius 2 is 2.47 bits per heavy atom. The lowest BCUT2D eigenvalue weighted by Gasteiger charge is -2.14. The number of carbonyl (C=O) groups excluding carboxylic acids is 1. The van der Waals surface area contributed by atoms with Gasteiger partial charge in [0.15, 0.2) is 0 Å². The Bertz CT molecular complexity index is 527. The van der Waals surface area contributed by atoms with Crippen molar-refractivity contribution in [3.05, 3.63) is 21.1 Å². The summed E-state index contributed by atoms with van der Waals surface area (Å²) in [5, 5.41) is 12.6. The largest absolute Gasteiger partial charge is 0.305 e. The smallest absolute Gasteiger partial charge is 0.237 e. The molecule has 1 aliphatic rings. The van der Waals surface area contributed by atoms with Gasteiger partial charge in [0.2, 0.25) is 5.91 Å². The van der Waals surface area contributed by atoms with Gasteiger partial charge in [-0.15, -0.1) is 11.3 Å². The van der Waals surface area contributed by atoms with E-state index in [1.54, 1.807) is 4.90 Å². The van der Waals surface area contributed by atoms with Crippen LogP contribution in [0.3, 0.4) is 0 Å². The standard InChI is InChI=1S/C11H11N3OS2/c1-3-14-9(15)6-17-11(14)8(4-12)10-13-7(2)5-16-10/h5H,3,6H2,1-2H3. The van der Waals surface area contributed by atoms with Gasteiger partial charge in [0.1, 0.15) is 16.6 Å². The SMILES string of the molecule is CCN1C(=O)CSC1=C(C#N)c1nc(C)cs1. The molecule has 88 valence electrons. The Morgan fingerprint density at radius 1 is 1.71 bits per heavy atom. The van der Waals surface area contributed by atoms with E-state index >= 15 is 0 Å². The van der Waals surface area contributed by atoms with Gasteiger partial charge in [0.05, 0.1) is 10.8 Å². The van der Waals surface area contributed by atoms with Gasteiger partial charge in [0.25, 0.3) is 0 Å². The summed E-state index contributed by atoms with van der Waals surface area (Å²) in [4.78, 5) is 17.6. The lowest BCUT2D eigenvalue weighted by molar-refractivity contribution is -0.125. The van der Waals surface area contributed by atoms with Crippen LogP contribution in [0.5, 0.6) is 0 Å². The monoisotopic (exact) mass is 265 g/mol. The number of hydrogen-bond acceptors (Lipinski definition) is 5. The highest BCUT2D eigenvalue weighted by Gasteiger charge is 2.29. The molecule has 1 saturated heterocycles. The Morgan fingerprint density at radius 3 is 3.00 bits per heavy atom. The van der Waals surface area contributed by atoms with Crippen LogP contribution in [0.4, 0.5) is 0 Å². The van der Waals surface area contributed by atoms with Gasteiger partial charge < -0.3 is 4.90 Å². The van der Waals surface area contributed by atoms with Gasteiger partial charge in [-0.3, -0.25) is 4.79 Å². The number of aromatic nitrogens is 1. The van der Waals surface area contributed by atoms with Crippen LogP contribution < -0.4 is 0 Å². The third-order valence-electron chi connectivity index (χ3n) is 2.35. The molecular formula is C11H11N3OS2. The molecule has 4 nitrogen and oxygen atoms in total. The van der Waals surface area contributed by atoms with Crippen molar-refractivity contribution in [1.82, 2.24) is 9.88 Å². The fourth-order valence-corrected chi connectivity index (χ4v) is 3.53. The first kappa shape index (κ1) is 12.1. The number of rotatable bonds is 2. The Balaban J connectivity index is 2.48. The number of amides is 1. The minimum atomic E-state index is 0.0635. The zero-order valence-corrected chi connectivity index (χ0v) is 11.2. The minimum absolute atomic E-state index is 0.0635. The van der Waals surface area contributed by atoms with E-state index in [1.165, 1.54) is 23.1 Å². The molecule has 1 aromatic heterocycles. The van der Waals surface area contributed by atoms with Crippen molar-refractivity contribution in [1.29, 1.82) is 5.26 Å². The third-order valence-corrected chi connectivity index (χ3v) is 4.42. The van der Waals surface area contributed by atoms with E-state index in [4.69, 9.17) is 0 Å². The summed E-state index contributed by atoms with van der Waals surface area (Å²) in [6.45, 7) is 4.40. The number of thioether (sulfide) groups is 1. The molecule has 2 rings (SSSR count). The molecular weight excluding hydrogens is 254 g/mol. The molecule has 0 N–H and O–H groups in total. The number of hydrogen-bond donors (Lipinski definition) is 0. The average molecular weight is 265 g/mol. The quantitative estimate of drug-likeness (QED) is 0.769. The highest BCUT2D eigenvalue weighted by molar-refractivity contribution is 8.04. The second-order valence-electron chi connectivity index (χ2n) is 3.51. The number of allylic oxidation sites excluding steroid dienone is 1. The molecule has 0 atom stereocenters. The van der Waals surface area contributed by atoms with Gasteiger partial charge >= 0.3 is 0 Å². The average Bonchev–Trinajstić information content (AvgIpc) is 2.88. The van der Waals surface area contributed by atoms with Gasteiger partial charge in [0, 0.05) is 17.6 Å². The van der Waals surface area contributed by atoms with E-state index in [0.717, 1.165) is 10.7 Å². The normalized spacial score (nSPS) is 18.4. The van der Waals surface area contributed by atoms with Gasteiger partial charge in [-0.25, -0.2) is 4.98 Å². The van der Waals surface area contributed by atoms with E-state index in [9.17, 15) is 10.1 Å². The summed E-state index contributed by atoms with van der Waals surface area (Å²) >= 11 is 2.86. The predicted molar refractivity (Wildman–Crippen MR) is 69.2 cm³/mol. The summed E-state index contributed by atoms with van der Waals surface area (Å²) in [5.41, 5.74) is 1.41. The summed E-state index contributed by atoms with van der Waals surface area (Å²) < 4.78 is 0. The molecule has 2 heterocycles. The fraction of sp³-hybridized carbons (Fsp3) is 0.364. The van der Waals surface area contributed by atoms with E-state index in [1.807, 2.05) is 19.2 Å². The van der Waals surface area contributed by atoms with Crippen LogP contribution in [0, 0.1) is 18.3 Å². The zero-order valence-electron chi connectivity index (χ0n) is 9.56. The number of nitriles is 1. The second-order valence-corrected chi connectivity index (χ2v) is 5.33. The van der Waals surface area contributed by atoms with Crippen molar-refractivity contribution >= 4 is 34.6 Å². The molecule has 0 unspecified atom stereocenters. The molecule has 0 bridgehead atoms. The lowest BCUT2D eigenvalue weighted by atomic mass is 10.3. The van der Waals surface area contributed by atoms with Crippen LogP contribution in [0.2, 0.25) is 0 Å². The van der Waals surface area contributed by atoms with Crippen LogP contribution in [0.1, 0.15) is 17.6 Å².